The lowest BCUT2D eigenvalue weighted by molar-refractivity contribution is 0.350. The van der Waals surface area contributed by atoms with Crippen molar-refractivity contribution in [1.29, 1.82) is 0 Å². The van der Waals surface area contributed by atoms with Gasteiger partial charge in [-0.2, -0.15) is 0 Å². The monoisotopic (exact) mass is 283 g/mol. The fourth-order valence-corrected chi connectivity index (χ4v) is 2.85. The summed E-state index contributed by atoms with van der Waals surface area (Å²) >= 11 is 1.74. The zero-order chi connectivity index (χ0) is 14.4. The van der Waals surface area contributed by atoms with Gasteiger partial charge in [-0.3, -0.25) is 0 Å². The lowest BCUT2D eigenvalue weighted by atomic mass is 10.1. The van der Waals surface area contributed by atoms with Crippen LogP contribution >= 0.6 is 11.8 Å². The van der Waals surface area contributed by atoms with Crippen molar-refractivity contribution in [2.24, 2.45) is 0 Å². The van der Waals surface area contributed by atoms with Gasteiger partial charge in [-0.15, -0.1) is 11.8 Å². The Morgan fingerprint density at radius 3 is 2.55 bits per heavy atom. The van der Waals surface area contributed by atoms with E-state index in [1.807, 2.05) is 19.1 Å². The molecular formula is C17H17NOS. The summed E-state index contributed by atoms with van der Waals surface area (Å²) in [5.41, 5.74) is 4.47. The van der Waals surface area contributed by atoms with E-state index in [0.717, 1.165) is 22.0 Å². The van der Waals surface area contributed by atoms with E-state index in [1.165, 1.54) is 11.1 Å². The molecule has 0 spiro atoms. The van der Waals surface area contributed by atoms with Crippen LogP contribution in [0.5, 0.6) is 0 Å². The summed E-state index contributed by atoms with van der Waals surface area (Å²) in [4.78, 5) is 4.52. The van der Waals surface area contributed by atoms with Crippen molar-refractivity contribution in [3.63, 3.8) is 0 Å². The van der Waals surface area contributed by atoms with Gasteiger partial charge in [0.1, 0.15) is 6.61 Å². The minimum atomic E-state index is -0.101. The maximum Gasteiger partial charge on any atom is 0.104 e. The quantitative estimate of drug-likeness (QED) is 0.693. The fourth-order valence-electron chi connectivity index (χ4n) is 1.86. The number of aliphatic hydroxyl groups excluding tert-OH is 1. The van der Waals surface area contributed by atoms with Crippen LogP contribution in [-0.2, 0) is 5.75 Å². The van der Waals surface area contributed by atoms with E-state index in [-0.39, 0.29) is 6.61 Å². The Morgan fingerprint density at radius 1 is 1.15 bits per heavy atom. The zero-order valence-electron chi connectivity index (χ0n) is 11.7. The number of nitrogens with zero attached hydrogens (tertiary/aromatic N) is 1. The highest BCUT2D eigenvalue weighted by Gasteiger charge is 2.00. The Hall–Kier alpha value is -1.76. The maximum absolute atomic E-state index is 8.65. The van der Waals surface area contributed by atoms with Crippen molar-refractivity contribution in [1.82, 2.24) is 4.98 Å². The molecule has 0 saturated carbocycles. The zero-order valence-corrected chi connectivity index (χ0v) is 12.5. The van der Waals surface area contributed by atoms with Crippen LogP contribution in [0.15, 0.2) is 41.4 Å². The van der Waals surface area contributed by atoms with Gasteiger partial charge in [0.2, 0.25) is 0 Å². The number of hydrogen-bond donors (Lipinski definition) is 1. The molecule has 1 aromatic heterocycles. The van der Waals surface area contributed by atoms with Crippen LogP contribution in [0.2, 0.25) is 0 Å². The molecule has 0 bridgehead atoms. The molecule has 102 valence electrons. The topological polar surface area (TPSA) is 33.1 Å². The molecule has 0 radical (unpaired) electrons. The highest BCUT2D eigenvalue weighted by Crippen LogP contribution is 2.22. The molecule has 0 saturated heterocycles. The molecule has 2 nitrogen and oxygen atoms in total. The first kappa shape index (κ1) is 14.6. The Balaban J connectivity index is 2.00. The van der Waals surface area contributed by atoms with E-state index in [2.05, 4.69) is 48.0 Å². The predicted octanol–water partition coefficient (Wildman–Crippen LogP) is 3.33. The van der Waals surface area contributed by atoms with Crippen LogP contribution in [0.1, 0.15) is 22.4 Å². The Morgan fingerprint density at radius 2 is 1.90 bits per heavy atom. The van der Waals surface area contributed by atoms with E-state index in [9.17, 15) is 0 Å². The van der Waals surface area contributed by atoms with Gasteiger partial charge in [0.15, 0.2) is 0 Å². The molecule has 2 rings (SSSR count). The molecule has 0 fully saturated rings. The van der Waals surface area contributed by atoms with Crippen LogP contribution in [0.25, 0.3) is 0 Å². The SMILES string of the molecule is Cc1cc(C)nc(SCc2ccc(C#CCO)cc2)c1. The number of benzene rings is 1. The maximum atomic E-state index is 8.65. The fraction of sp³-hybridized carbons (Fsp3) is 0.235. The van der Waals surface area contributed by atoms with Gasteiger partial charge in [0.25, 0.3) is 0 Å². The van der Waals surface area contributed by atoms with Gasteiger partial charge in [-0.1, -0.05) is 24.0 Å². The van der Waals surface area contributed by atoms with Crippen LogP contribution < -0.4 is 0 Å². The number of aryl methyl sites for hydroxylation is 2. The first-order valence-corrected chi connectivity index (χ1v) is 7.43. The average Bonchev–Trinajstić information content (AvgIpc) is 2.43. The van der Waals surface area contributed by atoms with Gasteiger partial charge in [0, 0.05) is 17.0 Å². The largest absolute Gasteiger partial charge is 0.384 e. The standard InChI is InChI=1S/C17H17NOS/c1-13-10-14(2)18-17(11-13)20-12-16-7-5-15(6-8-16)4-3-9-19/h5-8,10-11,19H,9,12H2,1-2H3. The molecule has 0 unspecified atom stereocenters. The van der Waals surface area contributed by atoms with Crippen molar-refractivity contribution in [3.05, 3.63) is 58.8 Å². The van der Waals surface area contributed by atoms with Crippen molar-refractivity contribution >= 4 is 11.8 Å². The number of aromatic nitrogens is 1. The molecule has 0 aliphatic rings. The first-order valence-electron chi connectivity index (χ1n) is 6.44. The summed E-state index contributed by atoms with van der Waals surface area (Å²) in [6, 6.07) is 12.3. The molecule has 0 aliphatic heterocycles. The van der Waals surface area contributed by atoms with E-state index >= 15 is 0 Å². The average molecular weight is 283 g/mol. The Labute approximate surface area is 124 Å². The molecule has 1 aromatic carbocycles. The molecular weight excluding hydrogens is 266 g/mol. The molecule has 0 aliphatic carbocycles. The van der Waals surface area contributed by atoms with Gasteiger partial charge in [-0.25, -0.2) is 4.98 Å². The lowest BCUT2D eigenvalue weighted by Crippen LogP contribution is -1.88. The van der Waals surface area contributed by atoms with Crippen LogP contribution in [0.4, 0.5) is 0 Å². The third kappa shape index (κ3) is 4.41. The summed E-state index contributed by atoms with van der Waals surface area (Å²) in [5, 5.41) is 9.72. The molecule has 0 atom stereocenters. The first-order chi connectivity index (χ1) is 9.67. The predicted molar refractivity (Wildman–Crippen MR) is 83.7 cm³/mol. The Bertz CT molecular complexity index is 618. The summed E-state index contributed by atoms with van der Waals surface area (Å²) in [5.74, 6) is 6.43. The second-order valence-electron chi connectivity index (χ2n) is 4.57. The van der Waals surface area contributed by atoms with E-state index in [1.54, 1.807) is 11.8 Å². The summed E-state index contributed by atoms with van der Waals surface area (Å²) in [6.07, 6.45) is 0. The molecule has 1 heterocycles. The highest BCUT2D eigenvalue weighted by atomic mass is 32.2. The summed E-state index contributed by atoms with van der Waals surface area (Å²) < 4.78 is 0. The number of hydrogen-bond acceptors (Lipinski definition) is 3. The van der Waals surface area contributed by atoms with Crippen molar-refractivity contribution in [3.8, 4) is 11.8 Å². The third-order valence-electron chi connectivity index (χ3n) is 2.73. The van der Waals surface area contributed by atoms with Crippen LogP contribution in [0, 0.1) is 25.7 Å². The highest BCUT2D eigenvalue weighted by molar-refractivity contribution is 7.98. The minimum absolute atomic E-state index is 0.101. The summed E-state index contributed by atoms with van der Waals surface area (Å²) in [6.45, 7) is 4.01. The minimum Gasteiger partial charge on any atom is -0.384 e. The number of rotatable bonds is 3. The van der Waals surface area contributed by atoms with Crippen molar-refractivity contribution in [2.45, 2.75) is 24.6 Å². The van der Waals surface area contributed by atoms with Crippen molar-refractivity contribution < 1.29 is 5.11 Å². The van der Waals surface area contributed by atoms with Crippen LogP contribution in [-0.4, -0.2) is 16.7 Å². The third-order valence-corrected chi connectivity index (χ3v) is 3.71. The van der Waals surface area contributed by atoms with Crippen molar-refractivity contribution in [2.75, 3.05) is 6.61 Å². The van der Waals surface area contributed by atoms with Gasteiger partial charge in [0.05, 0.1) is 5.03 Å². The summed E-state index contributed by atoms with van der Waals surface area (Å²) in [7, 11) is 0. The molecule has 20 heavy (non-hydrogen) atoms. The van der Waals surface area contributed by atoms with Gasteiger partial charge in [-0.05, 0) is 49.2 Å². The van der Waals surface area contributed by atoms with E-state index in [0.29, 0.717) is 0 Å². The normalized spacial score (nSPS) is 9.95. The van der Waals surface area contributed by atoms with Gasteiger partial charge >= 0.3 is 0 Å². The second kappa shape index (κ2) is 7.14. The van der Waals surface area contributed by atoms with E-state index in [4.69, 9.17) is 5.11 Å². The van der Waals surface area contributed by atoms with Crippen LogP contribution in [0.3, 0.4) is 0 Å². The smallest absolute Gasteiger partial charge is 0.104 e. The number of thioether (sulfide) groups is 1. The van der Waals surface area contributed by atoms with E-state index < -0.39 is 0 Å². The molecule has 0 amide bonds. The molecule has 1 N–H and O–H groups in total. The second-order valence-corrected chi connectivity index (χ2v) is 5.57. The van der Waals surface area contributed by atoms with Gasteiger partial charge < -0.3 is 5.11 Å². The molecule has 3 heteroatoms. The lowest BCUT2D eigenvalue weighted by Gasteiger charge is -2.04. The molecule has 2 aromatic rings. The number of aliphatic hydroxyl groups is 1. The Kier molecular flexibility index (Phi) is 5.23. The number of pyridine rings is 1.